The van der Waals surface area contributed by atoms with Crippen LogP contribution in [0.2, 0.25) is 0 Å². The van der Waals surface area contributed by atoms with Gasteiger partial charge in [0.15, 0.2) is 5.82 Å². The molecule has 0 N–H and O–H groups in total. The van der Waals surface area contributed by atoms with E-state index in [2.05, 4.69) is 128 Å². The van der Waals surface area contributed by atoms with Crippen molar-refractivity contribution in [3.63, 3.8) is 0 Å². The van der Waals surface area contributed by atoms with Crippen molar-refractivity contribution in [3.05, 3.63) is 131 Å². The van der Waals surface area contributed by atoms with Crippen LogP contribution in [0.25, 0.3) is 77.4 Å². The number of aromatic nitrogens is 3. The summed E-state index contributed by atoms with van der Waals surface area (Å²) in [5.41, 5.74) is 9.07. The fourth-order valence-electron chi connectivity index (χ4n) is 8.28. The Hall–Kier alpha value is -5.28. The van der Waals surface area contributed by atoms with Crippen molar-refractivity contribution in [2.75, 3.05) is 0 Å². The number of rotatable bonds is 2. The fraction of sp³-hybridized carbons (Fsp3) is 0.122. The Balaban J connectivity index is 1.51. The lowest BCUT2D eigenvalue weighted by Crippen LogP contribution is -2.15. The summed E-state index contributed by atoms with van der Waals surface area (Å²) in [6.07, 6.45) is 4.41. The van der Waals surface area contributed by atoms with Gasteiger partial charge in [0.2, 0.25) is 0 Å². The maximum absolute atomic E-state index is 5.41. The Labute approximate surface area is 254 Å². The van der Waals surface area contributed by atoms with E-state index < -0.39 is 0 Å². The molecule has 0 amide bonds. The van der Waals surface area contributed by atoms with E-state index in [-0.39, 0.29) is 5.41 Å². The number of hydrogen-bond donors (Lipinski definition) is 0. The summed E-state index contributed by atoms with van der Waals surface area (Å²) in [5.74, 6) is 0.903. The monoisotopic (exact) mass is 563 g/mol. The summed E-state index contributed by atoms with van der Waals surface area (Å²) in [6, 6.07) is 39.5. The zero-order valence-electron chi connectivity index (χ0n) is 24.7. The number of nitrogens with zero attached hydrogens (tertiary/aromatic N) is 3. The maximum atomic E-state index is 5.41. The molecular formula is C41H29N3. The lowest BCUT2D eigenvalue weighted by Gasteiger charge is -2.22. The molecule has 208 valence electrons. The molecule has 0 atom stereocenters. The average Bonchev–Trinajstić information content (AvgIpc) is 3.53. The molecule has 0 fully saturated rings. The molecule has 0 bridgehead atoms. The minimum atomic E-state index is -0.0976. The second-order valence-electron chi connectivity index (χ2n) is 12.8. The van der Waals surface area contributed by atoms with E-state index >= 15 is 0 Å². The lowest BCUT2D eigenvalue weighted by atomic mass is 9.81. The molecule has 3 heteroatoms. The Kier molecular flexibility index (Phi) is 4.63. The quantitative estimate of drug-likeness (QED) is 0.210. The summed E-state index contributed by atoms with van der Waals surface area (Å²) in [6.45, 7) is 4.78. The molecule has 0 unspecified atom stereocenters. The van der Waals surface area contributed by atoms with Crippen molar-refractivity contribution in [3.8, 4) is 17.1 Å². The van der Waals surface area contributed by atoms with Crippen molar-refractivity contribution < 1.29 is 0 Å². The van der Waals surface area contributed by atoms with Crippen LogP contribution in [-0.4, -0.2) is 14.5 Å². The van der Waals surface area contributed by atoms with Crippen LogP contribution >= 0.6 is 0 Å². The van der Waals surface area contributed by atoms with Crippen LogP contribution in [0.1, 0.15) is 37.1 Å². The molecule has 2 aliphatic rings. The highest BCUT2D eigenvalue weighted by atomic mass is 15.1. The molecule has 6 aromatic carbocycles. The highest BCUT2D eigenvalue weighted by molar-refractivity contribution is 6.28. The minimum Gasteiger partial charge on any atom is -0.296 e. The molecule has 0 saturated heterocycles. The van der Waals surface area contributed by atoms with Crippen LogP contribution in [0.3, 0.4) is 0 Å². The van der Waals surface area contributed by atoms with Crippen LogP contribution in [0.15, 0.2) is 109 Å². The normalized spacial score (nSPS) is 14.8. The van der Waals surface area contributed by atoms with Crippen molar-refractivity contribution in [1.82, 2.24) is 14.5 Å². The van der Waals surface area contributed by atoms with Gasteiger partial charge in [0.1, 0.15) is 5.69 Å². The second-order valence-corrected chi connectivity index (χ2v) is 12.8. The summed E-state index contributed by atoms with van der Waals surface area (Å²) in [4.78, 5) is 10.7. The van der Waals surface area contributed by atoms with E-state index in [0.717, 1.165) is 41.0 Å². The third-order valence-electron chi connectivity index (χ3n) is 10.2. The fourth-order valence-corrected chi connectivity index (χ4v) is 8.28. The zero-order valence-corrected chi connectivity index (χ0v) is 24.7. The molecule has 2 aliphatic carbocycles. The number of hydrogen-bond acceptors (Lipinski definition) is 2. The van der Waals surface area contributed by atoms with Gasteiger partial charge in [-0.2, -0.15) is 0 Å². The van der Waals surface area contributed by atoms with Gasteiger partial charge in [-0.3, -0.25) is 4.57 Å². The number of benzene rings is 5. The molecule has 0 radical (unpaired) electrons. The number of aryl methyl sites for hydroxylation is 1. The van der Waals surface area contributed by atoms with Crippen molar-refractivity contribution in [2.24, 2.45) is 0 Å². The molecule has 10 rings (SSSR count). The van der Waals surface area contributed by atoms with E-state index in [0.29, 0.717) is 0 Å². The molecule has 2 aromatic heterocycles. The summed E-state index contributed by atoms with van der Waals surface area (Å²) in [5, 5.41) is 10.8. The first-order valence-electron chi connectivity index (χ1n) is 15.6. The van der Waals surface area contributed by atoms with Gasteiger partial charge >= 0.3 is 0 Å². The van der Waals surface area contributed by atoms with Crippen LogP contribution in [0, 0.1) is 0 Å². The van der Waals surface area contributed by atoms with Crippen LogP contribution in [0.4, 0.5) is 0 Å². The summed E-state index contributed by atoms with van der Waals surface area (Å²) >= 11 is 0. The molecule has 2 heterocycles. The van der Waals surface area contributed by atoms with Gasteiger partial charge in [-0.05, 0) is 74.3 Å². The first kappa shape index (κ1) is 24.2. The predicted octanol–water partition coefficient (Wildman–Crippen LogP) is 9.35. The SMILES string of the molecule is CC1(C)c2cccc3c4ccccc4c4c5c(n(-c6nc7ccccc7nc6-c6ccccc6)c6ccc1c(c23)c56)CCC=4. The van der Waals surface area contributed by atoms with E-state index in [9.17, 15) is 0 Å². The largest absolute Gasteiger partial charge is 0.296 e. The molecule has 0 aliphatic heterocycles. The first-order valence-corrected chi connectivity index (χ1v) is 15.6. The summed E-state index contributed by atoms with van der Waals surface area (Å²) in [7, 11) is 0. The second kappa shape index (κ2) is 8.42. The highest BCUT2D eigenvalue weighted by Crippen LogP contribution is 2.51. The topological polar surface area (TPSA) is 30.7 Å². The molecular weight excluding hydrogens is 534 g/mol. The predicted molar refractivity (Wildman–Crippen MR) is 183 cm³/mol. The van der Waals surface area contributed by atoms with Gasteiger partial charge in [0, 0.05) is 27.4 Å². The molecule has 0 spiro atoms. The van der Waals surface area contributed by atoms with Crippen LogP contribution < -0.4 is 5.22 Å². The van der Waals surface area contributed by atoms with Gasteiger partial charge in [-0.1, -0.05) is 111 Å². The number of para-hydroxylation sites is 2. The molecule has 44 heavy (non-hydrogen) atoms. The minimum absolute atomic E-state index is 0.0976. The van der Waals surface area contributed by atoms with E-state index in [1.807, 2.05) is 6.07 Å². The smallest absolute Gasteiger partial charge is 0.164 e. The maximum Gasteiger partial charge on any atom is 0.164 e. The van der Waals surface area contributed by atoms with E-state index in [1.54, 1.807) is 0 Å². The van der Waals surface area contributed by atoms with Gasteiger partial charge in [0.05, 0.1) is 16.6 Å². The lowest BCUT2D eigenvalue weighted by molar-refractivity contribution is 0.663. The third-order valence-corrected chi connectivity index (χ3v) is 10.2. The Morgan fingerprint density at radius 2 is 1.30 bits per heavy atom. The van der Waals surface area contributed by atoms with Crippen molar-refractivity contribution in [2.45, 2.75) is 32.1 Å². The first-order chi connectivity index (χ1) is 21.6. The Morgan fingerprint density at radius 1 is 0.591 bits per heavy atom. The van der Waals surface area contributed by atoms with E-state index in [1.165, 1.54) is 65.3 Å². The number of fused-ring (bicyclic) bond motifs is 4. The van der Waals surface area contributed by atoms with Gasteiger partial charge in [-0.25, -0.2) is 9.97 Å². The van der Waals surface area contributed by atoms with Gasteiger partial charge in [-0.15, -0.1) is 0 Å². The molecule has 3 nitrogen and oxygen atoms in total. The molecule has 0 saturated carbocycles. The van der Waals surface area contributed by atoms with Gasteiger partial charge in [0.25, 0.3) is 0 Å². The Bertz CT molecular complexity index is 2620. The van der Waals surface area contributed by atoms with Gasteiger partial charge < -0.3 is 0 Å². The highest BCUT2D eigenvalue weighted by Gasteiger charge is 2.36. The zero-order chi connectivity index (χ0) is 29.2. The van der Waals surface area contributed by atoms with Crippen molar-refractivity contribution in [1.29, 1.82) is 0 Å². The average molecular weight is 564 g/mol. The third kappa shape index (κ3) is 2.96. The van der Waals surface area contributed by atoms with Crippen LogP contribution in [0.5, 0.6) is 0 Å². The van der Waals surface area contributed by atoms with Crippen LogP contribution in [-0.2, 0) is 11.8 Å². The Morgan fingerprint density at radius 3 is 2.14 bits per heavy atom. The van der Waals surface area contributed by atoms with E-state index in [4.69, 9.17) is 9.97 Å². The summed E-state index contributed by atoms with van der Waals surface area (Å²) < 4.78 is 2.46. The van der Waals surface area contributed by atoms with Crippen molar-refractivity contribution >= 4 is 60.3 Å². The standard InChI is InChI=1S/C41H29N3/c1-41(2)29-18-10-16-27-25-14-6-7-15-26(25)28-17-11-21-33-36(28)38-34(23-22-30(41)37(38)35(27)29)44(33)40-39(24-12-4-3-5-13-24)42-31-19-8-9-20-32(31)43-40/h3-10,12-20,22-23H,11,21H2,1-2H3. The molecule has 8 aromatic rings.